The van der Waals surface area contributed by atoms with Gasteiger partial charge in [-0.05, 0) is 152 Å². The molecule has 2 unspecified atom stereocenters. The van der Waals surface area contributed by atoms with E-state index in [0.717, 1.165) is 85.0 Å². The van der Waals surface area contributed by atoms with Gasteiger partial charge in [0.15, 0.2) is 12.4 Å². The molecule has 9 rings (SSSR count). The molecular weight excluding hydrogens is 713 g/mol. The third-order valence-electron chi connectivity index (χ3n) is 12.1. The Kier molecular flexibility index (Phi) is 11.3. The molecule has 5 aromatic rings. The summed E-state index contributed by atoms with van der Waals surface area (Å²) in [5.74, 6) is 1.83. The van der Waals surface area contributed by atoms with E-state index in [1.54, 1.807) is 6.07 Å². The lowest BCUT2D eigenvalue weighted by Gasteiger charge is -2.36. The van der Waals surface area contributed by atoms with Crippen LogP contribution in [0.1, 0.15) is 87.9 Å². The number of nitrogens with one attached hydrogen (secondary N) is 1. The number of pyridine rings is 3. The van der Waals surface area contributed by atoms with Gasteiger partial charge < -0.3 is 15.4 Å². The molecule has 0 radical (unpaired) electrons. The summed E-state index contributed by atoms with van der Waals surface area (Å²) in [6, 6.07) is 24.8. The van der Waals surface area contributed by atoms with Gasteiger partial charge >= 0.3 is 0 Å². The van der Waals surface area contributed by atoms with E-state index >= 15 is 0 Å². The van der Waals surface area contributed by atoms with Gasteiger partial charge in [-0.1, -0.05) is 47.5 Å². The molecule has 0 saturated carbocycles. The Morgan fingerprint density at radius 2 is 1.26 bits per heavy atom. The predicted molar refractivity (Wildman–Crippen MR) is 214 cm³/mol. The normalized spacial score (nSPS) is 19.9. The van der Waals surface area contributed by atoms with Gasteiger partial charge in [0.1, 0.15) is 0 Å². The topological polar surface area (TPSA) is 85.1 Å². The molecule has 1 N–H and O–H groups in total. The molecule has 2 aromatic carbocycles. The van der Waals surface area contributed by atoms with E-state index in [1.807, 2.05) is 41.6 Å². The van der Waals surface area contributed by atoms with Crippen LogP contribution in [0.15, 0.2) is 97.6 Å². The number of rotatable bonds is 4. The van der Waals surface area contributed by atoms with Crippen molar-refractivity contribution in [1.29, 1.82) is 0 Å². The molecule has 278 valence electrons. The van der Waals surface area contributed by atoms with E-state index in [4.69, 9.17) is 33.2 Å². The maximum Gasteiger partial charge on any atom is 0.227 e. The van der Waals surface area contributed by atoms with Crippen LogP contribution in [0, 0.1) is 17.0 Å². The van der Waals surface area contributed by atoms with Gasteiger partial charge in [-0.2, -0.15) is 4.73 Å². The number of likely N-dealkylation sites (tertiary alicyclic amines) is 1. The number of nitrogens with zero attached hydrogens (tertiary/aromatic N) is 4. The van der Waals surface area contributed by atoms with E-state index in [2.05, 4.69) is 47.8 Å². The Morgan fingerprint density at radius 3 is 1.81 bits per heavy atom. The van der Waals surface area contributed by atoms with E-state index < -0.39 is 0 Å². The molecule has 0 bridgehead atoms. The molecule has 1 amide bonds. The first-order valence-corrected chi connectivity index (χ1v) is 20.3. The van der Waals surface area contributed by atoms with Crippen molar-refractivity contribution in [2.75, 3.05) is 26.2 Å². The number of halogens is 2. The lowest BCUT2D eigenvalue weighted by molar-refractivity contribution is -0.605. The number of carbonyl (C=O) groups is 1. The minimum absolute atomic E-state index is 0.0845. The van der Waals surface area contributed by atoms with Gasteiger partial charge in [0.2, 0.25) is 5.91 Å². The molecule has 2 aliphatic carbocycles. The second-order valence-corrected chi connectivity index (χ2v) is 16.2. The van der Waals surface area contributed by atoms with E-state index in [9.17, 15) is 10.0 Å². The van der Waals surface area contributed by atoms with Crippen LogP contribution < -0.4 is 10.0 Å². The molecule has 3 aromatic heterocycles. The Balaban J connectivity index is 0.000000164. The van der Waals surface area contributed by atoms with Crippen molar-refractivity contribution in [2.24, 2.45) is 11.8 Å². The Bertz CT molecular complexity index is 2110. The minimum atomic E-state index is 0.0845. The molecule has 2 saturated heterocycles. The highest BCUT2D eigenvalue weighted by Crippen LogP contribution is 2.44. The summed E-state index contributed by atoms with van der Waals surface area (Å²) in [5.41, 5.74) is 11.5. The SMILES string of the molecule is Clc1ccc2c(c1)CCc1cccnc1C2C1CCNCC1.O=C(Cc1ccc[n+]([O-])c1)N1CCC(C2c3ccc(Cl)cc3CCc3cccnc32)CC1. The summed E-state index contributed by atoms with van der Waals surface area (Å²) in [7, 11) is 0. The number of amides is 1. The predicted octanol–water partition coefficient (Wildman–Crippen LogP) is 8.05. The minimum Gasteiger partial charge on any atom is -0.619 e. The zero-order valence-electron chi connectivity index (χ0n) is 30.6. The molecule has 0 spiro atoms. The fourth-order valence-corrected chi connectivity index (χ4v) is 9.80. The Hall–Kier alpha value is -4.30. The van der Waals surface area contributed by atoms with Crippen molar-refractivity contribution >= 4 is 29.1 Å². The highest BCUT2D eigenvalue weighted by Gasteiger charge is 2.35. The van der Waals surface area contributed by atoms with Crippen LogP contribution in [0.3, 0.4) is 0 Å². The van der Waals surface area contributed by atoms with E-state index in [-0.39, 0.29) is 18.2 Å². The number of aryl methyl sites for hydroxylation is 4. The van der Waals surface area contributed by atoms with Gasteiger partial charge in [-0.3, -0.25) is 14.8 Å². The average molecular weight is 761 g/mol. The van der Waals surface area contributed by atoms with Crippen molar-refractivity contribution in [1.82, 2.24) is 20.2 Å². The first kappa shape index (κ1) is 36.7. The van der Waals surface area contributed by atoms with Crippen molar-refractivity contribution in [3.8, 4) is 0 Å². The van der Waals surface area contributed by atoms with Gasteiger partial charge in [0.05, 0.1) is 17.8 Å². The summed E-state index contributed by atoms with van der Waals surface area (Å²) < 4.78 is 0.745. The summed E-state index contributed by atoms with van der Waals surface area (Å²) in [5, 5.41) is 16.6. The number of benzene rings is 2. The molecule has 2 aliphatic heterocycles. The summed E-state index contributed by atoms with van der Waals surface area (Å²) in [4.78, 5) is 24.4. The van der Waals surface area contributed by atoms with E-state index in [1.165, 1.54) is 70.0 Å². The number of carbonyl (C=O) groups excluding carboxylic acids is 1. The second kappa shape index (κ2) is 16.6. The van der Waals surface area contributed by atoms with Crippen molar-refractivity contribution < 1.29 is 9.52 Å². The van der Waals surface area contributed by atoms with Crippen molar-refractivity contribution in [3.05, 3.63) is 163 Å². The Morgan fingerprint density at radius 1 is 0.722 bits per heavy atom. The number of aromatic nitrogens is 3. The third kappa shape index (κ3) is 8.05. The summed E-state index contributed by atoms with van der Waals surface area (Å²) >= 11 is 12.6. The number of piperidine rings is 2. The lowest BCUT2D eigenvalue weighted by atomic mass is 9.76. The number of hydrogen-bond acceptors (Lipinski definition) is 5. The first-order valence-electron chi connectivity index (χ1n) is 19.5. The fraction of sp³-hybridized carbons (Fsp3) is 0.378. The summed E-state index contributed by atoms with van der Waals surface area (Å²) in [6.45, 7) is 3.70. The van der Waals surface area contributed by atoms with E-state index in [0.29, 0.717) is 17.8 Å². The molecule has 54 heavy (non-hydrogen) atoms. The Labute approximate surface area is 328 Å². The monoisotopic (exact) mass is 759 g/mol. The highest BCUT2D eigenvalue weighted by atomic mass is 35.5. The average Bonchev–Trinajstić information content (AvgIpc) is 3.46. The standard InChI is InChI=1S/C26H26ClN3O2.C19H21ClN2/c27-22-7-8-23-21(16-22)6-5-20-4-1-11-28-26(20)25(23)19-9-13-29(14-10-19)24(31)15-18-3-2-12-30(32)17-18;20-16-5-6-17-15(12-16)4-3-14-2-1-9-22-19(14)18(17)13-7-10-21-11-8-13/h1-4,7-8,11-12,16-17,19,25H,5-6,9-10,13-15H2;1-2,5-6,9,12-13,18,21H,3-4,7-8,10-11H2. The molecule has 4 aliphatic rings. The molecule has 7 nitrogen and oxygen atoms in total. The zero-order valence-corrected chi connectivity index (χ0v) is 32.1. The second-order valence-electron chi connectivity index (χ2n) is 15.3. The number of hydrogen-bond donors (Lipinski definition) is 1. The zero-order chi connectivity index (χ0) is 37.0. The van der Waals surface area contributed by atoms with Crippen LogP contribution in [0.2, 0.25) is 10.0 Å². The lowest BCUT2D eigenvalue weighted by Crippen LogP contribution is -2.41. The quantitative estimate of drug-likeness (QED) is 0.148. The maximum absolute atomic E-state index is 12.8. The first-order chi connectivity index (χ1) is 26.4. The van der Waals surface area contributed by atoms with Crippen molar-refractivity contribution in [3.63, 3.8) is 0 Å². The van der Waals surface area contributed by atoms with Crippen LogP contribution >= 0.6 is 23.2 Å². The van der Waals surface area contributed by atoms with Crippen molar-refractivity contribution in [2.45, 2.75) is 69.6 Å². The highest BCUT2D eigenvalue weighted by molar-refractivity contribution is 6.31. The van der Waals surface area contributed by atoms with Crippen LogP contribution in [-0.2, 0) is 36.9 Å². The number of fused-ring (bicyclic) bond motifs is 4. The molecule has 2 atom stereocenters. The fourth-order valence-electron chi connectivity index (χ4n) is 9.41. The molecule has 2 fully saturated rings. The van der Waals surface area contributed by atoms with Gasteiger partial charge in [0, 0.05) is 59.0 Å². The van der Waals surface area contributed by atoms with Crippen LogP contribution in [0.25, 0.3) is 0 Å². The van der Waals surface area contributed by atoms with Crippen LogP contribution in [0.5, 0.6) is 0 Å². The summed E-state index contributed by atoms with van der Waals surface area (Å²) in [6.07, 6.45) is 15.4. The van der Waals surface area contributed by atoms with Gasteiger partial charge in [0.25, 0.3) is 0 Å². The molecule has 9 heteroatoms. The van der Waals surface area contributed by atoms with Gasteiger partial charge in [-0.25, -0.2) is 0 Å². The third-order valence-corrected chi connectivity index (χ3v) is 12.5. The van der Waals surface area contributed by atoms with Crippen LogP contribution in [0.4, 0.5) is 0 Å². The van der Waals surface area contributed by atoms with Gasteiger partial charge in [-0.15, -0.1) is 0 Å². The van der Waals surface area contributed by atoms with Crippen LogP contribution in [-0.4, -0.2) is 47.0 Å². The maximum atomic E-state index is 12.8. The molecular formula is C45H47Cl2N5O2. The largest absolute Gasteiger partial charge is 0.619 e. The molecule has 5 heterocycles. The smallest absolute Gasteiger partial charge is 0.227 e.